The molecule has 8 nitrogen and oxygen atoms in total. The zero-order valence-electron chi connectivity index (χ0n) is 24.7. The van der Waals surface area contributed by atoms with Crippen LogP contribution in [0.25, 0.3) is 0 Å². The van der Waals surface area contributed by atoms with Crippen LogP contribution >= 0.6 is 23.1 Å². The van der Waals surface area contributed by atoms with Crippen LogP contribution in [0.1, 0.15) is 33.9 Å². The third-order valence-electron chi connectivity index (χ3n) is 10.0. The molecule has 3 aromatic carbocycles. The number of carbonyl (C=O) groups is 3. The summed E-state index contributed by atoms with van der Waals surface area (Å²) in [5.41, 5.74) is 4.40. The number of aromatic nitrogens is 1. The number of aromatic amines is 1. The lowest BCUT2D eigenvalue weighted by molar-refractivity contribution is -0.123. The van der Waals surface area contributed by atoms with Crippen LogP contribution in [0.15, 0.2) is 82.6 Å². The van der Waals surface area contributed by atoms with Gasteiger partial charge in [0.15, 0.2) is 6.61 Å². The van der Waals surface area contributed by atoms with E-state index in [1.165, 1.54) is 16.2 Å². The molecule has 4 aromatic rings. The van der Waals surface area contributed by atoms with Gasteiger partial charge < -0.3 is 15.0 Å². The zero-order chi connectivity index (χ0) is 31.0. The molecular formula is C35H31N3O5S2. The predicted octanol–water partition coefficient (Wildman–Crippen LogP) is 5.75. The van der Waals surface area contributed by atoms with Gasteiger partial charge in [-0.15, -0.1) is 11.8 Å². The number of amides is 3. The lowest BCUT2D eigenvalue weighted by Gasteiger charge is -2.43. The summed E-state index contributed by atoms with van der Waals surface area (Å²) in [6, 6.07) is 22.9. The molecule has 4 aliphatic rings. The Labute approximate surface area is 268 Å². The summed E-state index contributed by atoms with van der Waals surface area (Å²) in [4.78, 5) is 58.5. The van der Waals surface area contributed by atoms with Gasteiger partial charge in [-0.25, -0.2) is 0 Å². The van der Waals surface area contributed by atoms with E-state index < -0.39 is 0 Å². The Morgan fingerprint density at radius 2 is 1.71 bits per heavy atom. The van der Waals surface area contributed by atoms with E-state index in [1.807, 2.05) is 86.6 Å². The zero-order valence-corrected chi connectivity index (χ0v) is 26.3. The molecule has 2 saturated carbocycles. The largest absolute Gasteiger partial charge is 0.484 e. The van der Waals surface area contributed by atoms with Crippen molar-refractivity contribution in [2.24, 2.45) is 29.6 Å². The molecule has 2 N–H and O–H groups in total. The molecule has 2 bridgehead atoms. The summed E-state index contributed by atoms with van der Waals surface area (Å²) in [6.45, 7) is 3.77. The average Bonchev–Trinajstić information content (AvgIpc) is 3.77. The van der Waals surface area contributed by atoms with Crippen LogP contribution < -0.4 is 19.8 Å². The monoisotopic (exact) mass is 637 g/mol. The number of fused-ring (bicyclic) bond motifs is 9. The molecule has 7 atom stereocenters. The number of imide groups is 1. The van der Waals surface area contributed by atoms with Crippen molar-refractivity contribution in [2.45, 2.75) is 36.5 Å². The number of ether oxygens (including phenoxy) is 1. The molecule has 2 aliphatic carbocycles. The van der Waals surface area contributed by atoms with Crippen LogP contribution in [0.5, 0.6) is 5.75 Å². The van der Waals surface area contributed by atoms with Gasteiger partial charge in [0.1, 0.15) is 5.75 Å². The number of thiazole rings is 1. The fourth-order valence-electron chi connectivity index (χ4n) is 8.18. The summed E-state index contributed by atoms with van der Waals surface area (Å²) in [5.74, 6) is -0.589. The molecule has 45 heavy (non-hydrogen) atoms. The average molecular weight is 638 g/mol. The number of para-hydroxylation sites is 1. The summed E-state index contributed by atoms with van der Waals surface area (Å²) >= 11 is 2.89. The van der Waals surface area contributed by atoms with Gasteiger partial charge in [0.25, 0.3) is 5.91 Å². The molecular weight excluding hydrogens is 607 g/mol. The minimum Gasteiger partial charge on any atom is -0.484 e. The highest BCUT2D eigenvalue weighted by Gasteiger charge is 2.69. The molecule has 3 amide bonds. The Balaban J connectivity index is 1.09. The molecule has 0 spiro atoms. The molecule has 10 heteroatoms. The first-order valence-corrected chi connectivity index (χ1v) is 16.9. The van der Waals surface area contributed by atoms with E-state index in [-0.39, 0.29) is 70.0 Å². The van der Waals surface area contributed by atoms with Crippen LogP contribution in [0.2, 0.25) is 0 Å². The second-order valence-electron chi connectivity index (χ2n) is 12.5. The van der Waals surface area contributed by atoms with Gasteiger partial charge in [-0.3, -0.25) is 24.1 Å². The minimum absolute atomic E-state index is 0.0178. The first-order chi connectivity index (χ1) is 21.8. The van der Waals surface area contributed by atoms with E-state index in [1.54, 1.807) is 11.8 Å². The maximum absolute atomic E-state index is 14.0. The number of H-pyrrole nitrogens is 1. The number of aryl methyl sites for hydroxylation is 2. The van der Waals surface area contributed by atoms with Crippen LogP contribution in [0.4, 0.5) is 11.4 Å². The number of carbonyl (C=O) groups excluding carboxylic acids is 3. The number of hydrogen-bond acceptors (Lipinski definition) is 7. The number of thioether (sulfide) groups is 1. The van der Waals surface area contributed by atoms with Crippen molar-refractivity contribution in [1.29, 1.82) is 0 Å². The van der Waals surface area contributed by atoms with Gasteiger partial charge in [-0.2, -0.15) is 0 Å². The van der Waals surface area contributed by atoms with Crippen molar-refractivity contribution in [2.75, 3.05) is 16.8 Å². The number of nitrogens with zero attached hydrogens (tertiary/aromatic N) is 1. The lowest BCUT2D eigenvalue weighted by Crippen LogP contribution is -2.42. The van der Waals surface area contributed by atoms with Gasteiger partial charge >= 0.3 is 4.87 Å². The van der Waals surface area contributed by atoms with Crippen LogP contribution in [-0.4, -0.2) is 34.6 Å². The lowest BCUT2D eigenvalue weighted by atomic mass is 9.68. The Kier molecular flexibility index (Phi) is 6.76. The van der Waals surface area contributed by atoms with Gasteiger partial charge in [0, 0.05) is 21.7 Å². The van der Waals surface area contributed by atoms with Crippen molar-refractivity contribution in [3.05, 3.63) is 104 Å². The van der Waals surface area contributed by atoms with Crippen molar-refractivity contribution in [3.63, 3.8) is 0 Å². The van der Waals surface area contributed by atoms with Gasteiger partial charge in [0.2, 0.25) is 11.8 Å². The van der Waals surface area contributed by atoms with E-state index in [9.17, 15) is 19.2 Å². The topological polar surface area (TPSA) is 109 Å². The van der Waals surface area contributed by atoms with E-state index in [4.69, 9.17) is 4.74 Å². The second-order valence-corrected chi connectivity index (χ2v) is 14.7. The van der Waals surface area contributed by atoms with Crippen molar-refractivity contribution < 1.29 is 19.1 Å². The van der Waals surface area contributed by atoms with Gasteiger partial charge in [-0.1, -0.05) is 59.4 Å². The van der Waals surface area contributed by atoms with Crippen LogP contribution in [0.3, 0.4) is 0 Å². The van der Waals surface area contributed by atoms with Crippen LogP contribution in [-0.2, 0) is 14.4 Å². The fourth-order valence-corrected chi connectivity index (χ4v) is 11.1. The number of benzene rings is 3. The first-order valence-electron chi connectivity index (χ1n) is 15.2. The van der Waals surface area contributed by atoms with E-state index >= 15 is 0 Å². The van der Waals surface area contributed by atoms with Gasteiger partial charge in [0.05, 0.1) is 22.5 Å². The maximum Gasteiger partial charge on any atom is 0.305 e. The Hall–Kier alpha value is -4.15. The Morgan fingerprint density at radius 3 is 2.49 bits per heavy atom. The molecule has 1 saturated heterocycles. The Morgan fingerprint density at radius 1 is 0.956 bits per heavy atom. The summed E-state index contributed by atoms with van der Waals surface area (Å²) in [5, 5.41) is 3.86. The summed E-state index contributed by atoms with van der Waals surface area (Å²) in [7, 11) is 0. The normalized spacial score (nSPS) is 27.7. The number of hydrogen-bond donors (Lipinski definition) is 2. The second kappa shape index (κ2) is 10.7. The molecule has 228 valence electrons. The minimum atomic E-state index is -0.366. The van der Waals surface area contributed by atoms with E-state index in [0.29, 0.717) is 11.4 Å². The number of nitrogens with one attached hydrogen (secondary N) is 2. The molecule has 3 heterocycles. The highest BCUT2D eigenvalue weighted by molar-refractivity contribution is 8.00. The van der Waals surface area contributed by atoms with Gasteiger partial charge in [-0.05, 0) is 79.5 Å². The van der Waals surface area contributed by atoms with E-state index in [2.05, 4.69) is 10.3 Å². The SMILES string of the molecule is Cc1ccc(N2C(=O)[C@H]3[C@H]4C[C@@H]([C@@H]3C2=O)[C@@H]2[C@H](c3cccc(OCC(=O)Nc5ccccc5C)c3)c3sc(=O)[nH]c3S[C@H]42)cc1. The predicted molar refractivity (Wildman–Crippen MR) is 174 cm³/mol. The number of rotatable bonds is 6. The molecule has 2 aliphatic heterocycles. The number of anilines is 2. The third kappa shape index (κ3) is 4.56. The standard InChI is InChI=1S/C35H31N3O5S2/c1-17-10-12-20(13-11-17)38-33(40)28-22-15-23(29(28)34(38)41)30-27(22)26(31-32(44-30)37-35(42)45-31)19-7-5-8-21(14-19)43-16-25(39)36-24-9-4-3-6-18(24)2/h3-14,22-23,26-30H,15-16H2,1-2H3,(H,36,39)(H,37,42)/t22-,23-,26+,27-,28+,29+,30-/m1/s1. The Bertz CT molecular complexity index is 1920. The van der Waals surface area contributed by atoms with Crippen molar-refractivity contribution >= 4 is 52.2 Å². The smallest absolute Gasteiger partial charge is 0.305 e. The molecule has 0 unspecified atom stereocenters. The molecule has 0 radical (unpaired) electrons. The molecule has 8 rings (SSSR count). The summed E-state index contributed by atoms with van der Waals surface area (Å²) in [6.07, 6.45) is 0.821. The fraction of sp³-hybridized carbons (Fsp3) is 0.314. The van der Waals surface area contributed by atoms with E-state index in [0.717, 1.165) is 38.7 Å². The molecule has 3 fully saturated rings. The maximum atomic E-state index is 14.0. The third-order valence-corrected chi connectivity index (χ3v) is 12.6. The highest BCUT2D eigenvalue weighted by atomic mass is 32.2. The molecule has 1 aromatic heterocycles. The van der Waals surface area contributed by atoms with Crippen molar-refractivity contribution in [3.8, 4) is 5.75 Å². The van der Waals surface area contributed by atoms with Crippen molar-refractivity contribution in [1.82, 2.24) is 4.98 Å². The van der Waals surface area contributed by atoms with Crippen LogP contribution in [0, 0.1) is 43.4 Å². The highest BCUT2D eigenvalue weighted by Crippen LogP contribution is 2.68. The quantitative estimate of drug-likeness (QED) is 0.261. The first kappa shape index (κ1) is 28.3. The summed E-state index contributed by atoms with van der Waals surface area (Å²) < 4.78 is 5.96.